The van der Waals surface area contributed by atoms with E-state index in [0.29, 0.717) is 62.9 Å². The minimum Gasteiger partial charge on any atom is -0.342 e. The average molecular weight is 1040 g/mol. The molecule has 4 N–H and O–H groups in total. The van der Waals surface area contributed by atoms with Crippen molar-refractivity contribution in [3.05, 3.63) is 70.8 Å². The fraction of sp³-hybridized carbons (Fsp3) is 0.679. The molecule has 0 unspecified atom stereocenters. The molecule has 2 aromatic rings. The Labute approximate surface area is 437 Å². The van der Waals surface area contributed by atoms with Crippen LogP contribution >= 0.6 is 0 Å². The zero-order valence-electron chi connectivity index (χ0n) is 45.8. The van der Waals surface area contributed by atoms with Crippen molar-refractivity contribution >= 4 is 35.4 Å². The van der Waals surface area contributed by atoms with Crippen molar-refractivity contribution in [1.82, 2.24) is 40.9 Å². The number of hydrogen-bond acceptors (Lipinski definition) is 8. The summed E-state index contributed by atoms with van der Waals surface area (Å²) in [5.41, 5.74) is -0.389. The van der Waals surface area contributed by atoms with E-state index in [4.69, 9.17) is 0 Å². The fourth-order valence-corrected chi connectivity index (χ4v) is 9.75. The second-order valence-corrected chi connectivity index (χ2v) is 22.6. The summed E-state index contributed by atoms with van der Waals surface area (Å²) in [7, 11) is 3.34. The van der Waals surface area contributed by atoms with Crippen molar-refractivity contribution in [2.24, 2.45) is 10.8 Å². The Kier molecular flexibility index (Phi) is 23.4. The van der Waals surface area contributed by atoms with E-state index in [1.54, 1.807) is 71.8 Å². The van der Waals surface area contributed by atoms with E-state index in [-0.39, 0.29) is 74.0 Å². The van der Waals surface area contributed by atoms with Crippen molar-refractivity contribution in [2.75, 3.05) is 40.3 Å². The number of hydrogen-bond donors (Lipinski definition) is 4. The Balaban J connectivity index is 1.38. The summed E-state index contributed by atoms with van der Waals surface area (Å²) >= 11 is 0. The summed E-state index contributed by atoms with van der Waals surface area (Å²) < 4.78 is 55.0. The molecule has 14 nitrogen and oxygen atoms in total. The number of rotatable bonds is 26. The first kappa shape index (κ1) is 61.4. The summed E-state index contributed by atoms with van der Waals surface area (Å²) in [6, 6.07) is 8.74. The number of amides is 6. The molecular formula is C56H86F4N8O6. The lowest BCUT2D eigenvalue weighted by Crippen LogP contribution is -2.59. The molecule has 2 saturated heterocycles. The van der Waals surface area contributed by atoms with Crippen LogP contribution in [0.25, 0.3) is 0 Å². The van der Waals surface area contributed by atoms with E-state index < -0.39 is 59.5 Å². The van der Waals surface area contributed by atoms with E-state index in [0.717, 1.165) is 49.8 Å². The molecule has 4 rings (SSSR count). The number of carbonyl (C=O) groups is 6. The van der Waals surface area contributed by atoms with Crippen molar-refractivity contribution in [2.45, 2.75) is 195 Å². The number of alkyl halides is 4. The third-order valence-corrected chi connectivity index (χ3v) is 14.5. The van der Waals surface area contributed by atoms with Crippen LogP contribution in [-0.2, 0) is 54.7 Å². The Hall–Kier alpha value is -5.10. The molecule has 74 heavy (non-hydrogen) atoms. The molecule has 18 heteroatoms. The van der Waals surface area contributed by atoms with Gasteiger partial charge in [-0.25, -0.2) is 4.39 Å². The standard InChI is InChI=1S/C56H86F4N8O6/c1-38(61-9)50(71)63-48(54(3,4)5)52(73)67-29-19-25-44(67)36-65(34-41-22-17-21-40(31-41)33-57)46(69)27-15-13-11-12-14-16-28-47(70)66(35-42-23-18-24-43(32-42)56(58,59)60)37-45-26-20-30-68(45)53(74)49(55(6,7)8)64-51(72)39(2)62-10/h17-18,21-24,31-32,38-39,44-45,48-49,61-62H,11-16,19-20,25-30,33-37H2,1-10H3,(H,63,71)(H,64,72)/t38-,39-,44-,45-,48+,49+/m0/s1. The number of carbonyl (C=O) groups excluding carboxylic acids is 6. The van der Waals surface area contributed by atoms with Gasteiger partial charge in [-0.1, -0.05) is 104 Å². The highest BCUT2D eigenvalue weighted by atomic mass is 19.4. The minimum atomic E-state index is -4.56. The van der Waals surface area contributed by atoms with Gasteiger partial charge in [-0.3, -0.25) is 28.8 Å². The van der Waals surface area contributed by atoms with Crippen LogP contribution in [0.5, 0.6) is 0 Å². The second-order valence-electron chi connectivity index (χ2n) is 22.6. The first-order valence-corrected chi connectivity index (χ1v) is 26.7. The van der Waals surface area contributed by atoms with Gasteiger partial charge in [-0.05, 0) is 106 Å². The summed E-state index contributed by atoms with van der Waals surface area (Å²) in [4.78, 5) is 89.3. The first-order valence-electron chi connectivity index (χ1n) is 26.7. The van der Waals surface area contributed by atoms with Crippen molar-refractivity contribution in [3.63, 3.8) is 0 Å². The largest absolute Gasteiger partial charge is 0.416 e. The molecule has 2 aliphatic heterocycles. The SMILES string of the molecule is CN[C@@H](C)C(=O)N[C@H](C(=O)N1CCC[C@H]1CN(Cc1cccc(CF)c1)C(=O)CCCCCCCCC(=O)N(Cc1cccc(C(F)(F)F)c1)C[C@@H]1CCCN1C(=O)[C@@H](NC(=O)[C@H](C)NC)C(C)(C)C)C(C)(C)C. The molecule has 2 fully saturated rings. The summed E-state index contributed by atoms with van der Waals surface area (Å²) in [6.07, 6.45) is 2.83. The zero-order chi connectivity index (χ0) is 55.0. The lowest BCUT2D eigenvalue weighted by atomic mass is 9.85. The molecule has 2 heterocycles. The minimum absolute atomic E-state index is 0.0617. The smallest absolute Gasteiger partial charge is 0.342 e. The normalized spacial score (nSPS) is 17.9. The molecule has 6 atom stereocenters. The first-order chi connectivity index (χ1) is 34.8. The van der Waals surface area contributed by atoms with Gasteiger partial charge in [0.1, 0.15) is 18.8 Å². The molecular weight excluding hydrogens is 957 g/mol. The maximum absolute atomic E-state index is 14.2. The Morgan fingerprint density at radius 1 is 0.608 bits per heavy atom. The Morgan fingerprint density at radius 3 is 1.39 bits per heavy atom. The van der Waals surface area contributed by atoms with Gasteiger partial charge in [0.05, 0.1) is 17.6 Å². The molecule has 0 spiro atoms. The van der Waals surface area contributed by atoms with Crippen LogP contribution in [0.2, 0.25) is 0 Å². The van der Waals surface area contributed by atoms with Crippen LogP contribution in [0, 0.1) is 10.8 Å². The van der Waals surface area contributed by atoms with Gasteiger partial charge in [0.2, 0.25) is 35.4 Å². The zero-order valence-corrected chi connectivity index (χ0v) is 45.8. The van der Waals surface area contributed by atoms with Crippen LogP contribution in [0.15, 0.2) is 48.5 Å². The number of likely N-dealkylation sites (N-methyl/N-ethyl adjacent to an activating group) is 2. The van der Waals surface area contributed by atoms with Gasteiger partial charge in [-0.2, -0.15) is 13.2 Å². The highest BCUT2D eigenvalue weighted by Gasteiger charge is 2.43. The fourth-order valence-electron chi connectivity index (χ4n) is 9.75. The lowest BCUT2D eigenvalue weighted by Gasteiger charge is -2.37. The predicted molar refractivity (Wildman–Crippen MR) is 280 cm³/mol. The number of nitrogens with zero attached hydrogens (tertiary/aromatic N) is 4. The third-order valence-electron chi connectivity index (χ3n) is 14.5. The lowest BCUT2D eigenvalue weighted by molar-refractivity contribution is -0.142. The van der Waals surface area contributed by atoms with Crippen LogP contribution in [-0.4, -0.2) is 132 Å². The van der Waals surface area contributed by atoms with Crippen LogP contribution in [0.4, 0.5) is 17.6 Å². The van der Waals surface area contributed by atoms with E-state index >= 15 is 0 Å². The van der Waals surface area contributed by atoms with E-state index in [1.807, 2.05) is 47.6 Å². The maximum atomic E-state index is 14.2. The highest BCUT2D eigenvalue weighted by Crippen LogP contribution is 2.32. The number of likely N-dealkylation sites (tertiary alicyclic amines) is 2. The molecule has 2 aliphatic rings. The van der Waals surface area contributed by atoms with Crippen molar-refractivity contribution < 1.29 is 46.3 Å². The Morgan fingerprint density at radius 2 is 1.00 bits per heavy atom. The number of nitrogens with one attached hydrogen (secondary N) is 4. The molecule has 0 bridgehead atoms. The topological polar surface area (TPSA) is 163 Å². The van der Waals surface area contributed by atoms with Gasteiger partial charge < -0.3 is 40.9 Å². The quantitative estimate of drug-likeness (QED) is 0.0546. The van der Waals surface area contributed by atoms with Gasteiger partial charge in [-0.15, -0.1) is 0 Å². The number of benzene rings is 2. The number of halogens is 4. The van der Waals surface area contributed by atoms with Crippen molar-refractivity contribution in [3.8, 4) is 0 Å². The van der Waals surface area contributed by atoms with Gasteiger partial charge in [0, 0.05) is 64.2 Å². The highest BCUT2D eigenvalue weighted by molar-refractivity contribution is 5.91. The van der Waals surface area contributed by atoms with Crippen LogP contribution < -0.4 is 21.3 Å². The molecule has 0 aliphatic carbocycles. The summed E-state index contributed by atoms with van der Waals surface area (Å²) in [5.74, 6) is -1.35. The van der Waals surface area contributed by atoms with Crippen LogP contribution in [0.1, 0.15) is 155 Å². The van der Waals surface area contributed by atoms with Crippen LogP contribution in [0.3, 0.4) is 0 Å². The average Bonchev–Trinajstić information content (AvgIpc) is 4.03. The molecule has 0 saturated carbocycles. The third kappa shape index (κ3) is 18.3. The van der Waals surface area contributed by atoms with Gasteiger partial charge >= 0.3 is 6.18 Å². The molecule has 0 aromatic heterocycles. The Bertz CT molecular complexity index is 2180. The molecule has 2 aromatic carbocycles. The van der Waals surface area contributed by atoms with E-state index in [2.05, 4.69) is 21.3 Å². The molecule has 0 radical (unpaired) electrons. The second kappa shape index (κ2) is 28.2. The summed E-state index contributed by atoms with van der Waals surface area (Å²) in [5, 5.41) is 11.7. The van der Waals surface area contributed by atoms with Gasteiger partial charge in [0.15, 0.2) is 0 Å². The monoisotopic (exact) mass is 1040 g/mol. The summed E-state index contributed by atoms with van der Waals surface area (Å²) in [6.45, 7) is 15.7. The van der Waals surface area contributed by atoms with Gasteiger partial charge in [0.25, 0.3) is 0 Å². The van der Waals surface area contributed by atoms with E-state index in [1.165, 1.54) is 6.07 Å². The maximum Gasteiger partial charge on any atom is 0.416 e. The predicted octanol–water partition coefficient (Wildman–Crippen LogP) is 7.91. The van der Waals surface area contributed by atoms with Crippen molar-refractivity contribution in [1.29, 1.82) is 0 Å². The molecule has 414 valence electrons. The number of unbranched alkanes of at least 4 members (excludes halogenated alkanes) is 5. The van der Waals surface area contributed by atoms with E-state index in [9.17, 15) is 46.3 Å². The molecule has 6 amide bonds.